The topological polar surface area (TPSA) is 20.3 Å². The van der Waals surface area contributed by atoms with Gasteiger partial charge in [0, 0.05) is 6.54 Å². The van der Waals surface area contributed by atoms with E-state index >= 15 is 0 Å². The molecule has 3 unspecified atom stereocenters. The van der Waals surface area contributed by atoms with Crippen LogP contribution in [0.2, 0.25) is 0 Å². The highest BCUT2D eigenvalue weighted by Crippen LogP contribution is 2.24. The van der Waals surface area contributed by atoms with Crippen LogP contribution >= 0.6 is 9.39 Å². The Balaban J connectivity index is 2.54. The third-order valence-electron chi connectivity index (χ3n) is 1.95. The van der Waals surface area contributed by atoms with Gasteiger partial charge in [0.2, 0.25) is 0 Å². The normalized spacial score (nSPS) is 37.1. The maximum Gasteiger partial charge on any atom is 0.137 e. The average molecular weight is 145 g/mol. The van der Waals surface area contributed by atoms with Gasteiger partial charge in [-0.05, 0) is 12.3 Å². The Morgan fingerprint density at radius 2 is 2.44 bits per heavy atom. The van der Waals surface area contributed by atoms with E-state index in [2.05, 4.69) is 16.3 Å². The first kappa shape index (κ1) is 7.17. The second-order valence-electron chi connectivity index (χ2n) is 2.63. The SMILES string of the molecule is CC1CCN(P)C1C=O. The Morgan fingerprint density at radius 1 is 1.78 bits per heavy atom. The van der Waals surface area contributed by atoms with Gasteiger partial charge in [-0.1, -0.05) is 16.3 Å². The quantitative estimate of drug-likeness (QED) is 0.399. The molecule has 0 saturated carbocycles. The summed E-state index contributed by atoms with van der Waals surface area (Å²) in [4.78, 5) is 10.4. The maximum atomic E-state index is 10.4. The van der Waals surface area contributed by atoms with Gasteiger partial charge in [-0.25, -0.2) is 0 Å². The summed E-state index contributed by atoms with van der Waals surface area (Å²) in [6.07, 6.45) is 2.18. The summed E-state index contributed by atoms with van der Waals surface area (Å²) in [7, 11) is 2.58. The van der Waals surface area contributed by atoms with E-state index in [4.69, 9.17) is 0 Å². The first-order valence-electron chi connectivity index (χ1n) is 3.22. The van der Waals surface area contributed by atoms with Gasteiger partial charge in [-0.2, -0.15) is 0 Å². The highest BCUT2D eigenvalue weighted by Gasteiger charge is 2.27. The molecule has 1 fully saturated rings. The smallest absolute Gasteiger partial charge is 0.137 e. The van der Waals surface area contributed by atoms with E-state index in [1.165, 1.54) is 0 Å². The van der Waals surface area contributed by atoms with Crippen LogP contribution in [0.4, 0.5) is 0 Å². The minimum absolute atomic E-state index is 0.148. The molecule has 0 aromatic rings. The molecule has 52 valence electrons. The Hall–Kier alpha value is 0.0600. The molecule has 0 aromatic carbocycles. The number of carbonyl (C=O) groups excluding carboxylic acids is 1. The summed E-state index contributed by atoms with van der Waals surface area (Å²) >= 11 is 0. The highest BCUT2D eigenvalue weighted by atomic mass is 31.0. The Labute approximate surface area is 57.9 Å². The molecule has 1 rings (SSSR count). The summed E-state index contributed by atoms with van der Waals surface area (Å²) in [6.45, 7) is 3.15. The summed E-state index contributed by atoms with van der Waals surface area (Å²) in [5.74, 6) is 0.542. The number of nitrogens with zero attached hydrogens (tertiary/aromatic N) is 1. The van der Waals surface area contributed by atoms with Gasteiger partial charge in [0.15, 0.2) is 0 Å². The Kier molecular flexibility index (Phi) is 2.20. The number of hydrogen-bond donors (Lipinski definition) is 0. The predicted octanol–water partition coefficient (Wildman–Crippen LogP) is 0.686. The molecule has 0 aromatic heterocycles. The zero-order valence-corrected chi connectivity index (χ0v) is 6.73. The van der Waals surface area contributed by atoms with Crippen molar-refractivity contribution in [3.8, 4) is 0 Å². The lowest BCUT2D eigenvalue weighted by atomic mass is 10.1. The predicted molar refractivity (Wildman–Crippen MR) is 40.0 cm³/mol. The fraction of sp³-hybridized carbons (Fsp3) is 0.833. The minimum atomic E-state index is 0.148. The molecule has 1 heterocycles. The molecular formula is C6H12NOP. The van der Waals surface area contributed by atoms with Crippen LogP contribution < -0.4 is 0 Å². The van der Waals surface area contributed by atoms with Crippen LogP contribution in [0.25, 0.3) is 0 Å². The van der Waals surface area contributed by atoms with Crippen molar-refractivity contribution in [3.05, 3.63) is 0 Å². The van der Waals surface area contributed by atoms with Gasteiger partial charge < -0.3 is 4.79 Å². The highest BCUT2D eigenvalue weighted by molar-refractivity contribution is 7.13. The van der Waals surface area contributed by atoms with Crippen LogP contribution in [0.5, 0.6) is 0 Å². The van der Waals surface area contributed by atoms with E-state index in [0.29, 0.717) is 5.92 Å². The molecule has 0 amide bonds. The van der Waals surface area contributed by atoms with Gasteiger partial charge >= 0.3 is 0 Å². The molecule has 1 aliphatic heterocycles. The average Bonchev–Trinajstić information content (AvgIpc) is 2.12. The Bertz CT molecular complexity index is 108. The molecule has 1 aliphatic rings. The van der Waals surface area contributed by atoms with Gasteiger partial charge in [0.25, 0.3) is 0 Å². The monoisotopic (exact) mass is 145 g/mol. The first-order chi connectivity index (χ1) is 4.25. The molecule has 0 aliphatic carbocycles. The lowest BCUT2D eigenvalue weighted by Gasteiger charge is -2.14. The third kappa shape index (κ3) is 1.31. The van der Waals surface area contributed by atoms with E-state index in [1.807, 2.05) is 4.67 Å². The van der Waals surface area contributed by atoms with Crippen molar-refractivity contribution in [2.75, 3.05) is 6.54 Å². The van der Waals surface area contributed by atoms with E-state index in [0.717, 1.165) is 19.3 Å². The summed E-state index contributed by atoms with van der Waals surface area (Å²) < 4.78 is 2.03. The maximum absolute atomic E-state index is 10.4. The molecule has 0 bridgehead atoms. The fourth-order valence-electron chi connectivity index (χ4n) is 1.21. The number of carbonyl (C=O) groups is 1. The van der Waals surface area contributed by atoms with Crippen LogP contribution in [0.3, 0.4) is 0 Å². The number of rotatable bonds is 1. The summed E-state index contributed by atoms with van der Waals surface area (Å²) in [5.41, 5.74) is 0. The molecule has 0 N–H and O–H groups in total. The largest absolute Gasteiger partial charge is 0.302 e. The number of aldehydes is 1. The zero-order chi connectivity index (χ0) is 6.85. The molecule has 3 atom stereocenters. The van der Waals surface area contributed by atoms with Crippen molar-refractivity contribution in [1.82, 2.24) is 4.67 Å². The van der Waals surface area contributed by atoms with E-state index in [-0.39, 0.29) is 6.04 Å². The zero-order valence-electron chi connectivity index (χ0n) is 5.58. The molecule has 2 nitrogen and oxygen atoms in total. The third-order valence-corrected chi connectivity index (χ3v) is 2.55. The van der Waals surface area contributed by atoms with Crippen LogP contribution in [0.15, 0.2) is 0 Å². The van der Waals surface area contributed by atoms with Crippen LogP contribution in [-0.2, 0) is 4.79 Å². The van der Waals surface area contributed by atoms with Gasteiger partial charge in [0.05, 0.1) is 6.04 Å². The molecule has 9 heavy (non-hydrogen) atoms. The van der Waals surface area contributed by atoms with Crippen LogP contribution in [0, 0.1) is 5.92 Å². The fourth-order valence-corrected chi connectivity index (χ4v) is 1.72. The number of hydrogen-bond acceptors (Lipinski definition) is 2. The van der Waals surface area contributed by atoms with Gasteiger partial charge in [-0.15, -0.1) is 0 Å². The van der Waals surface area contributed by atoms with E-state index in [1.54, 1.807) is 0 Å². The lowest BCUT2D eigenvalue weighted by molar-refractivity contribution is -0.111. The standard InChI is InChI=1S/C6H12NOP/c1-5-2-3-7(9)6(5)4-8/h4-6H,2-3,9H2,1H3. The molecular weight excluding hydrogens is 133 g/mol. The van der Waals surface area contributed by atoms with Crippen molar-refractivity contribution in [2.24, 2.45) is 5.92 Å². The van der Waals surface area contributed by atoms with Crippen molar-refractivity contribution < 1.29 is 4.79 Å². The molecule has 0 radical (unpaired) electrons. The van der Waals surface area contributed by atoms with Crippen molar-refractivity contribution in [1.29, 1.82) is 0 Å². The van der Waals surface area contributed by atoms with Crippen LogP contribution in [0.1, 0.15) is 13.3 Å². The Morgan fingerprint density at radius 3 is 2.67 bits per heavy atom. The van der Waals surface area contributed by atoms with E-state index < -0.39 is 0 Å². The first-order valence-corrected chi connectivity index (χ1v) is 3.74. The van der Waals surface area contributed by atoms with Crippen LogP contribution in [-0.4, -0.2) is 23.5 Å². The lowest BCUT2D eigenvalue weighted by Crippen LogP contribution is -2.24. The van der Waals surface area contributed by atoms with Gasteiger partial charge in [0.1, 0.15) is 6.29 Å². The van der Waals surface area contributed by atoms with Crippen molar-refractivity contribution in [2.45, 2.75) is 19.4 Å². The minimum Gasteiger partial charge on any atom is -0.302 e. The van der Waals surface area contributed by atoms with E-state index in [9.17, 15) is 4.79 Å². The molecule has 0 spiro atoms. The molecule has 3 heteroatoms. The second kappa shape index (κ2) is 2.76. The van der Waals surface area contributed by atoms with Crippen molar-refractivity contribution >= 4 is 15.7 Å². The summed E-state index contributed by atoms with van der Waals surface area (Å²) in [5, 5.41) is 0. The second-order valence-corrected chi connectivity index (χ2v) is 3.29. The molecule has 1 saturated heterocycles. The summed E-state index contributed by atoms with van der Waals surface area (Å²) in [6, 6.07) is 0.148. The van der Waals surface area contributed by atoms with Crippen molar-refractivity contribution in [3.63, 3.8) is 0 Å². The van der Waals surface area contributed by atoms with Gasteiger partial charge in [-0.3, -0.25) is 4.67 Å².